The molecule has 0 saturated heterocycles. The number of benzene rings is 1. The van der Waals surface area contributed by atoms with E-state index < -0.39 is 0 Å². The summed E-state index contributed by atoms with van der Waals surface area (Å²) in [5.74, 6) is 0.334. The maximum Gasteiger partial charge on any atom is 0.132 e. The molecule has 1 aromatic rings. The quantitative estimate of drug-likeness (QED) is 0.724. The molecule has 0 unspecified atom stereocenters. The van der Waals surface area contributed by atoms with Gasteiger partial charge in [0.2, 0.25) is 0 Å². The molecule has 0 amide bonds. The van der Waals surface area contributed by atoms with Crippen LogP contribution in [0.25, 0.3) is 0 Å². The molecule has 0 heterocycles. The Hall–Kier alpha value is -0.530. The first-order valence-corrected chi connectivity index (χ1v) is 6.34. The van der Waals surface area contributed by atoms with Gasteiger partial charge in [-0.3, -0.25) is 4.79 Å². The zero-order valence-corrected chi connectivity index (χ0v) is 10.9. The van der Waals surface area contributed by atoms with Crippen LogP contribution in [-0.2, 0) is 11.2 Å². The molecule has 0 aromatic heterocycles. The molecule has 1 rings (SSSR count). The molecule has 1 aromatic carbocycles. The lowest BCUT2D eigenvalue weighted by Crippen LogP contribution is -1.98. The molecule has 0 radical (unpaired) electrons. The van der Waals surface area contributed by atoms with Gasteiger partial charge in [0.15, 0.2) is 0 Å². The van der Waals surface area contributed by atoms with Gasteiger partial charge in [-0.2, -0.15) is 0 Å². The van der Waals surface area contributed by atoms with E-state index in [2.05, 4.69) is 0 Å². The average Bonchev–Trinajstić information content (AvgIpc) is 2.23. The topological polar surface area (TPSA) is 17.1 Å². The predicted molar refractivity (Wildman–Crippen MR) is 69.3 cm³/mol. The van der Waals surface area contributed by atoms with Gasteiger partial charge in [-0.05, 0) is 43.0 Å². The summed E-state index contributed by atoms with van der Waals surface area (Å²) in [6, 6.07) is 5.44. The molecule has 0 spiro atoms. The van der Waals surface area contributed by atoms with Crippen molar-refractivity contribution in [1.82, 2.24) is 0 Å². The van der Waals surface area contributed by atoms with Crippen LogP contribution in [0.15, 0.2) is 18.2 Å². The van der Waals surface area contributed by atoms with Gasteiger partial charge < -0.3 is 0 Å². The maximum absolute atomic E-state index is 11.3. The van der Waals surface area contributed by atoms with Crippen LogP contribution < -0.4 is 0 Å². The fourth-order valence-corrected chi connectivity index (χ4v) is 2.02. The summed E-state index contributed by atoms with van der Waals surface area (Å²) in [4.78, 5) is 11.3. The number of Topliss-reactive ketones (excluding diaryl/α,β-unsaturated/α-hetero) is 1. The first kappa shape index (κ1) is 13.5. The summed E-state index contributed by atoms with van der Waals surface area (Å²) >= 11 is 11.9. The third kappa shape index (κ3) is 4.54. The summed E-state index contributed by atoms with van der Waals surface area (Å²) in [7, 11) is 0. The molecule has 16 heavy (non-hydrogen) atoms. The number of carbonyl (C=O) groups excluding carboxylic acids is 1. The minimum atomic E-state index is 0.334. The third-order valence-corrected chi connectivity index (χ3v) is 3.04. The third-order valence-electron chi connectivity index (χ3n) is 2.44. The van der Waals surface area contributed by atoms with Crippen LogP contribution in [0.4, 0.5) is 0 Å². The number of carbonyl (C=O) groups is 1. The van der Waals surface area contributed by atoms with Gasteiger partial charge in [0.25, 0.3) is 0 Å². The van der Waals surface area contributed by atoms with E-state index in [-0.39, 0.29) is 0 Å². The smallest absolute Gasteiger partial charge is 0.132 e. The number of hydrogen-bond donors (Lipinski definition) is 0. The first-order chi connectivity index (χ1) is 7.63. The van der Waals surface area contributed by atoms with Gasteiger partial charge in [0, 0.05) is 22.9 Å². The van der Waals surface area contributed by atoms with Crippen molar-refractivity contribution in [3.63, 3.8) is 0 Å². The highest BCUT2D eigenvalue weighted by Crippen LogP contribution is 2.22. The molecule has 0 saturated carbocycles. The molecule has 0 aliphatic carbocycles. The van der Waals surface area contributed by atoms with Crippen molar-refractivity contribution in [2.24, 2.45) is 0 Å². The van der Waals surface area contributed by atoms with E-state index in [1.807, 2.05) is 13.0 Å². The van der Waals surface area contributed by atoms with Crippen molar-refractivity contribution in [1.29, 1.82) is 0 Å². The highest BCUT2D eigenvalue weighted by Gasteiger charge is 2.04. The Kier molecular flexibility index (Phi) is 5.86. The fraction of sp³-hybridized carbons (Fsp3) is 0.462. The lowest BCUT2D eigenvalue weighted by molar-refractivity contribution is -0.119. The van der Waals surface area contributed by atoms with Crippen LogP contribution in [0.2, 0.25) is 10.0 Å². The lowest BCUT2D eigenvalue weighted by Gasteiger charge is -2.04. The Bertz CT molecular complexity index is 361. The molecule has 0 aliphatic heterocycles. The largest absolute Gasteiger partial charge is 0.300 e. The molecule has 0 aliphatic rings. The van der Waals surface area contributed by atoms with E-state index in [0.717, 1.165) is 29.8 Å². The summed E-state index contributed by atoms with van der Waals surface area (Å²) in [6.07, 6.45) is 3.91. The molecule has 0 bridgehead atoms. The second kappa shape index (κ2) is 6.93. The number of halogens is 2. The van der Waals surface area contributed by atoms with Crippen molar-refractivity contribution in [2.75, 3.05) is 0 Å². The number of ketones is 1. The summed E-state index contributed by atoms with van der Waals surface area (Å²) in [5, 5.41) is 1.42. The van der Waals surface area contributed by atoms with Crippen molar-refractivity contribution in [3.8, 4) is 0 Å². The molecular weight excluding hydrogens is 243 g/mol. The second-order valence-electron chi connectivity index (χ2n) is 3.88. The molecule has 3 heteroatoms. The number of aryl methyl sites for hydroxylation is 1. The summed E-state index contributed by atoms with van der Waals surface area (Å²) in [6.45, 7) is 2.02. The molecule has 0 atom stereocenters. The minimum absolute atomic E-state index is 0.334. The maximum atomic E-state index is 11.3. The highest BCUT2D eigenvalue weighted by molar-refractivity contribution is 6.33. The van der Waals surface area contributed by atoms with Crippen LogP contribution in [-0.4, -0.2) is 5.78 Å². The highest BCUT2D eigenvalue weighted by atomic mass is 35.5. The zero-order chi connectivity index (χ0) is 12.0. The zero-order valence-electron chi connectivity index (χ0n) is 9.43. The molecular formula is C13H16Cl2O. The van der Waals surface area contributed by atoms with Crippen molar-refractivity contribution < 1.29 is 4.79 Å². The van der Waals surface area contributed by atoms with E-state index >= 15 is 0 Å². The normalized spacial score (nSPS) is 10.4. The van der Waals surface area contributed by atoms with E-state index in [1.54, 1.807) is 12.1 Å². The SMILES string of the molecule is CCCC(=O)CCCc1cc(Cl)ccc1Cl. The van der Waals surface area contributed by atoms with Crippen molar-refractivity contribution in [2.45, 2.75) is 39.0 Å². The van der Waals surface area contributed by atoms with E-state index in [1.165, 1.54) is 0 Å². The van der Waals surface area contributed by atoms with Crippen LogP contribution in [0.5, 0.6) is 0 Å². The lowest BCUT2D eigenvalue weighted by atomic mass is 10.0. The first-order valence-electron chi connectivity index (χ1n) is 5.59. The summed E-state index contributed by atoms with van der Waals surface area (Å²) < 4.78 is 0. The van der Waals surface area contributed by atoms with Gasteiger partial charge >= 0.3 is 0 Å². The van der Waals surface area contributed by atoms with Crippen molar-refractivity contribution in [3.05, 3.63) is 33.8 Å². The standard InChI is InChI=1S/C13H16Cl2O/c1-2-4-12(16)6-3-5-10-9-11(14)7-8-13(10)15/h7-9H,2-6H2,1H3. The van der Waals surface area contributed by atoms with Crippen LogP contribution >= 0.6 is 23.2 Å². The van der Waals surface area contributed by atoms with Crippen LogP contribution in [0, 0.1) is 0 Å². The van der Waals surface area contributed by atoms with Crippen LogP contribution in [0.1, 0.15) is 38.2 Å². The second-order valence-corrected chi connectivity index (χ2v) is 4.72. The Balaban J connectivity index is 2.42. The van der Waals surface area contributed by atoms with Gasteiger partial charge in [0.1, 0.15) is 5.78 Å². The van der Waals surface area contributed by atoms with Crippen molar-refractivity contribution >= 4 is 29.0 Å². The van der Waals surface area contributed by atoms with E-state index in [9.17, 15) is 4.79 Å². The molecule has 88 valence electrons. The Morgan fingerprint density at radius 3 is 2.69 bits per heavy atom. The van der Waals surface area contributed by atoms with Crippen LogP contribution in [0.3, 0.4) is 0 Å². The van der Waals surface area contributed by atoms with E-state index in [0.29, 0.717) is 23.6 Å². The number of hydrogen-bond acceptors (Lipinski definition) is 1. The minimum Gasteiger partial charge on any atom is -0.300 e. The number of rotatable bonds is 6. The van der Waals surface area contributed by atoms with Gasteiger partial charge in [-0.1, -0.05) is 30.1 Å². The fourth-order valence-electron chi connectivity index (χ4n) is 1.61. The van der Waals surface area contributed by atoms with Gasteiger partial charge in [-0.15, -0.1) is 0 Å². The molecule has 0 N–H and O–H groups in total. The average molecular weight is 259 g/mol. The van der Waals surface area contributed by atoms with E-state index in [4.69, 9.17) is 23.2 Å². The Morgan fingerprint density at radius 1 is 1.25 bits per heavy atom. The van der Waals surface area contributed by atoms with Gasteiger partial charge in [-0.25, -0.2) is 0 Å². The predicted octanol–water partition coefficient (Wildman–Crippen LogP) is 4.69. The monoisotopic (exact) mass is 258 g/mol. The Morgan fingerprint density at radius 2 is 2.00 bits per heavy atom. The summed E-state index contributed by atoms with van der Waals surface area (Å²) in [5.41, 5.74) is 1.03. The molecule has 0 fully saturated rings. The van der Waals surface area contributed by atoms with Gasteiger partial charge in [0.05, 0.1) is 0 Å². The molecule has 1 nitrogen and oxygen atoms in total. The Labute approximate surface area is 107 Å².